The summed E-state index contributed by atoms with van der Waals surface area (Å²) in [6, 6.07) is 6.91. The lowest BCUT2D eigenvalue weighted by Crippen LogP contribution is -2.36. The molecule has 2 N–H and O–H groups in total. The van der Waals surface area contributed by atoms with Crippen LogP contribution in [0.1, 0.15) is 36.0 Å². The third-order valence-corrected chi connectivity index (χ3v) is 6.60. The molecule has 1 amide bonds. The van der Waals surface area contributed by atoms with Crippen molar-refractivity contribution in [2.75, 3.05) is 26.5 Å². The quantitative estimate of drug-likeness (QED) is 0.722. The number of fused-ring (bicyclic) bond motifs is 3. The first-order chi connectivity index (χ1) is 13.1. The summed E-state index contributed by atoms with van der Waals surface area (Å²) in [5.74, 6) is 0.804. The van der Waals surface area contributed by atoms with Gasteiger partial charge in [-0.15, -0.1) is 11.3 Å². The number of hydrogen-bond acceptors (Lipinski definition) is 6. The van der Waals surface area contributed by atoms with Gasteiger partial charge < -0.3 is 15.5 Å². The first kappa shape index (κ1) is 18.1. The molecule has 0 radical (unpaired) electrons. The number of hydrogen-bond donors (Lipinski definition) is 2. The minimum atomic E-state index is -0.0791. The minimum absolute atomic E-state index is 0.0791. The van der Waals surface area contributed by atoms with Crippen LogP contribution in [0.15, 0.2) is 24.5 Å². The number of thiophene rings is 1. The number of rotatable bonds is 4. The third kappa shape index (κ3) is 3.49. The second-order valence-corrected chi connectivity index (χ2v) is 8.44. The minimum Gasteiger partial charge on any atom is -0.367 e. The normalized spacial score (nSPS) is 20.3. The van der Waals surface area contributed by atoms with Crippen molar-refractivity contribution >= 4 is 43.4 Å². The average molecular weight is 384 g/mol. The molecule has 142 valence electrons. The number of carbonyl (C=O) groups is 1. The van der Waals surface area contributed by atoms with Crippen LogP contribution in [-0.4, -0.2) is 54.0 Å². The van der Waals surface area contributed by atoms with Crippen molar-refractivity contribution < 1.29 is 4.79 Å². The second kappa shape index (κ2) is 7.40. The molecule has 1 aliphatic carbocycles. The fourth-order valence-electron chi connectivity index (χ4n) is 3.93. The predicted molar refractivity (Wildman–Crippen MR) is 112 cm³/mol. The largest absolute Gasteiger partial charge is 0.367 e. The number of carbonyl (C=O) groups excluding carboxylic acids is 1. The maximum Gasteiger partial charge on any atom is 0.251 e. The molecule has 0 unspecified atom stereocenters. The van der Waals surface area contributed by atoms with Gasteiger partial charge in [-0.05, 0) is 58.0 Å². The lowest BCUT2D eigenvalue weighted by molar-refractivity contribution is 0.0963. The van der Waals surface area contributed by atoms with Crippen molar-refractivity contribution in [3.05, 3.63) is 30.1 Å². The Hall–Kier alpha value is -2.25. The van der Waals surface area contributed by atoms with Gasteiger partial charge in [0.25, 0.3) is 5.91 Å². The van der Waals surface area contributed by atoms with Crippen LogP contribution in [-0.2, 0) is 0 Å². The van der Waals surface area contributed by atoms with E-state index in [9.17, 15) is 4.79 Å². The lowest BCUT2D eigenvalue weighted by atomic mass is 9.90. The zero-order valence-electron chi connectivity index (χ0n) is 16.0. The highest BCUT2D eigenvalue weighted by molar-refractivity contribution is 7.25. The van der Waals surface area contributed by atoms with Crippen LogP contribution >= 0.6 is 11.3 Å². The zero-order valence-corrected chi connectivity index (χ0v) is 16.8. The van der Waals surface area contributed by atoms with Crippen LogP contribution in [0.5, 0.6) is 0 Å². The molecule has 6 nitrogen and oxygen atoms in total. The van der Waals surface area contributed by atoms with Crippen LogP contribution in [0.4, 0.5) is 5.82 Å². The van der Waals surface area contributed by atoms with Crippen LogP contribution in [0, 0.1) is 0 Å². The molecular formula is C20H25N5OS. The Bertz CT molecular complexity index is 975. The Morgan fingerprint density at radius 1 is 1.19 bits per heavy atom. The van der Waals surface area contributed by atoms with E-state index in [0.717, 1.165) is 39.0 Å². The van der Waals surface area contributed by atoms with Crippen molar-refractivity contribution in [1.29, 1.82) is 0 Å². The third-order valence-electron chi connectivity index (χ3n) is 5.53. The number of aromatic nitrogens is 2. The van der Waals surface area contributed by atoms with E-state index >= 15 is 0 Å². The molecule has 4 rings (SSSR count). The first-order valence-electron chi connectivity index (χ1n) is 9.39. The number of anilines is 1. The molecule has 7 heteroatoms. The molecule has 3 aromatic rings. The number of nitrogens with zero attached hydrogens (tertiary/aromatic N) is 3. The maximum atomic E-state index is 12.0. The standard InChI is InChI=1S/C20H25N5OS/c1-21-19(26)12-4-9-16-15(10-12)17-18(22-11-23-20(17)27-16)24-13-5-7-14(8-6-13)25(2)3/h4,9-11,13-14H,5-8H2,1-3H3,(H,21,26)(H,22,23,24). The van der Waals surface area contributed by atoms with Crippen LogP contribution in [0.2, 0.25) is 0 Å². The molecule has 0 atom stereocenters. The summed E-state index contributed by atoms with van der Waals surface area (Å²) in [4.78, 5) is 24.3. The van der Waals surface area contributed by atoms with E-state index in [0.29, 0.717) is 17.6 Å². The van der Waals surface area contributed by atoms with Crippen molar-refractivity contribution in [3.8, 4) is 0 Å². The van der Waals surface area contributed by atoms with Crippen molar-refractivity contribution in [1.82, 2.24) is 20.2 Å². The Kier molecular flexibility index (Phi) is 4.97. The van der Waals surface area contributed by atoms with Gasteiger partial charge in [0.2, 0.25) is 0 Å². The van der Waals surface area contributed by atoms with Gasteiger partial charge in [0, 0.05) is 34.8 Å². The van der Waals surface area contributed by atoms with Gasteiger partial charge in [0.15, 0.2) is 0 Å². The highest BCUT2D eigenvalue weighted by atomic mass is 32.1. The van der Waals surface area contributed by atoms with Gasteiger partial charge in [-0.3, -0.25) is 4.79 Å². The fraction of sp³-hybridized carbons (Fsp3) is 0.450. The molecular weight excluding hydrogens is 358 g/mol. The van der Waals surface area contributed by atoms with Gasteiger partial charge in [0.1, 0.15) is 17.0 Å². The topological polar surface area (TPSA) is 70.1 Å². The molecule has 0 spiro atoms. The van der Waals surface area contributed by atoms with Crippen LogP contribution < -0.4 is 10.6 Å². The molecule has 1 aromatic carbocycles. The van der Waals surface area contributed by atoms with E-state index in [1.165, 1.54) is 12.8 Å². The van der Waals surface area contributed by atoms with Gasteiger partial charge in [-0.25, -0.2) is 9.97 Å². The molecule has 1 fully saturated rings. The highest BCUT2D eigenvalue weighted by Gasteiger charge is 2.23. The van der Waals surface area contributed by atoms with E-state index in [2.05, 4.69) is 39.6 Å². The summed E-state index contributed by atoms with van der Waals surface area (Å²) in [5, 5.41) is 8.42. The fourth-order valence-corrected chi connectivity index (χ4v) is 4.96. The Balaban J connectivity index is 1.67. The molecule has 0 aliphatic heterocycles. The molecule has 1 saturated carbocycles. The van der Waals surface area contributed by atoms with E-state index in [-0.39, 0.29) is 5.91 Å². The summed E-state index contributed by atoms with van der Waals surface area (Å²) in [5.41, 5.74) is 0.658. The summed E-state index contributed by atoms with van der Waals surface area (Å²) in [6.45, 7) is 0. The molecule has 27 heavy (non-hydrogen) atoms. The van der Waals surface area contributed by atoms with E-state index in [1.807, 2.05) is 18.2 Å². The van der Waals surface area contributed by atoms with Crippen molar-refractivity contribution in [2.24, 2.45) is 0 Å². The van der Waals surface area contributed by atoms with Crippen molar-refractivity contribution in [2.45, 2.75) is 37.8 Å². The maximum absolute atomic E-state index is 12.0. The summed E-state index contributed by atoms with van der Waals surface area (Å²) >= 11 is 1.64. The lowest BCUT2D eigenvalue weighted by Gasteiger charge is -2.33. The van der Waals surface area contributed by atoms with E-state index in [4.69, 9.17) is 0 Å². The molecule has 1 aliphatic rings. The van der Waals surface area contributed by atoms with E-state index < -0.39 is 0 Å². The molecule has 0 bridgehead atoms. The zero-order chi connectivity index (χ0) is 19.0. The summed E-state index contributed by atoms with van der Waals surface area (Å²) in [6.07, 6.45) is 6.30. The number of nitrogens with one attached hydrogen (secondary N) is 2. The smallest absolute Gasteiger partial charge is 0.251 e. The van der Waals surface area contributed by atoms with Crippen LogP contribution in [0.25, 0.3) is 20.3 Å². The SMILES string of the molecule is CNC(=O)c1ccc2sc3ncnc(NC4CCC(N(C)C)CC4)c3c2c1. The molecule has 0 saturated heterocycles. The van der Waals surface area contributed by atoms with Crippen molar-refractivity contribution in [3.63, 3.8) is 0 Å². The van der Waals surface area contributed by atoms with Gasteiger partial charge in [0.05, 0.1) is 5.39 Å². The summed E-state index contributed by atoms with van der Waals surface area (Å²) < 4.78 is 1.12. The monoisotopic (exact) mass is 383 g/mol. The Labute approximate surface area is 163 Å². The number of benzene rings is 1. The summed E-state index contributed by atoms with van der Waals surface area (Å²) in [7, 11) is 5.97. The molecule has 2 aromatic heterocycles. The second-order valence-electron chi connectivity index (χ2n) is 7.41. The van der Waals surface area contributed by atoms with E-state index in [1.54, 1.807) is 24.7 Å². The number of amides is 1. The van der Waals surface area contributed by atoms with Gasteiger partial charge >= 0.3 is 0 Å². The Morgan fingerprint density at radius 2 is 1.96 bits per heavy atom. The average Bonchev–Trinajstić information content (AvgIpc) is 3.06. The van der Waals surface area contributed by atoms with Gasteiger partial charge in [-0.1, -0.05) is 0 Å². The highest BCUT2D eigenvalue weighted by Crippen LogP contribution is 2.37. The van der Waals surface area contributed by atoms with Crippen LogP contribution in [0.3, 0.4) is 0 Å². The first-order valence-corrected chi connectivity index (χ1v) is 10.2. The predicted octanol–water partition coefficient (Wildman–Crippen LogP) is 3.49. The Morgan fingerprint density at radius 3 is 2.67 bits per heavy atom. The molecule has 2 heterocycles. The van der Waals surface area contributed by atoms with Gasteiger partial charge in [-0.2, -0.15) is 0 Å².